The SMILES string of the molecule is N=Nc1ccccc1NOI. The van der Waals surface area contributed by atoms with Crippen LogP contribution in [-0.2, 0) is 3.17 Å². The van der Waals surface area contributed by atoms with Gasteiger partial charge >= 0.3 is 0 Å². The van der Waals surface area contributed by atoms with Gasteiger partial charge in [-0.05, 0) is 12.1 Å². The van der Waals surface area contributed by atoms with Crippen LogP contribution in [0.2, 0.25) is 0 Å². The second-order valence-electron chi connectivity index (χ2n) is 1.81. The molecule has 0 aliphatic heterocycles. The molecule has 0 unspecified atom stereocenters. The summed E-state index contributed by atoms with van der Waals surface area (Å²) in [6, 6.07) is 7.16. The van der Waals surface area contributed by atoms with Crippen LogP contribution in [0.25, 0.3) is 0 Å². The van der Waals surface area contributed by atoms with Crippen LogP contribution in [-0.4, -0.2) is 0 Å². The van der Waals surface area contributed by atoms with Crippen LogP contribution in [0.5, 0.6) is 0 Å². The Morgan fingerprint density at radius 3 is 2.82 bits per heavy atom. The van der Waals surface area contributed by atoms with Gasteiger partial charge in [0.15, 0.2) is 0 Å². The molecule has 1 aromatic rings. The van der Waals surface area contributed by atoms with E-state index in [1.807, 2.05) is 12.1 Å². The summed E-state index contributed by atoms with van der Waals surface area (Å²) >= 11 is 1.71. The van der Waals surface area contributed by atoms with Crippen LogP contribution in [0.4, 0.5) is 11.4 Å². The topological polar surface area (TPSA) is 57.5 Å². The minimum atomic E-state index is 0.559. The molecule has 0 aliphatic carbocycles. The second-order valence-corrected chi connectivity index (χ2v) is 2.25. The molecule has 0 amide bonds. The third-order valence-corrected chi connectivity index (χ3v) is 1.39. The lowest BCUT2D eigenvalue weighted by atomic mass is 10.3. The van der Waals surface area contributed by atoms with E-state index in [0.29, 0.717) is 11.4 Å². The molecule has 0 heterocycles. The van der Waals surface area contributed by atoms with Gasteiger partial charge < -0.3 is 0 Å². The normalized spacial score (nSPS) is 9.18. The van der Waals surface area contributed by atoms with Crippen molar-refractivity contribution in [3.63, 3.8) is 0 Å². The number of nitrogens with one attached hydrogen (secondary N) is 2. The predicted molar refractivity (Wildman–Crippen MR) is 50.0 cm³/mol. The fourth-order valence-electron chi connectivity index (χ4n) is 0.699. The zero-order chi connectivity index (χ0) is 8.10. The Morgan fingerprint density at radius 1 is 1.45 bits per heavy atom. The molecule has 2 N–H and O–H groups in total. The van der Waals surface area contributed by atoms with E-state index in [1.165, 1.54) is 0 Å². The summed E-state index contributed by atoms with van der Waals surface area (Å²) in [6.45, 7) is 0. The van der Waals surface area contributed by atoms with E-state index in [0.717, 1.165) is 0 Å². The van der Waals surface area contributed by atoms with Crippen LogP contribution >= 0.6 is 23.0 Å². The minimum Gasteiger partial charge on any atom is -0.254 e. The maximum absolute atomic E-state index is 6.79. The first-order valence-corrected chi connectivity index (χ1v) is 3.76. The van der Waals surface area contributed by atoms with Crippen molar-refractivity contribution in [3.05, 3.63) is 24.3 Å². The summed E-state index contributed by atoms with van der Waals surface area (Å²) in [5, 5.41) is 3.29. The molecule has 0 atom stereocenters. The van der Waals surface area contributed by atoms with Gasteiger partial charge in [0.05, 0.1) is 5.69 Å². The lowest BCUT2D eigenvalue weighted by molar-refractivity contribution is 0.541. The molecule has 0 aromatic heterocycles. The Kier molecular flexibility index (Phi) is 3.24. The fraction of sp³-hybridized carbons (Fsp3) is 0. The zero-order valence-corrected chi connectivity index (χ0v) is 7.70. The first kappa shape index (κ1) is 8.41. The quantitative estimate of drug-likeness (QED) is 0.500. The van der Waals surface area contributed by atoms with Gasteiger partial charge in [0.25, 0.3) is 0 Å². The number of para-hydroxylation sites is 2. The van der Waals surface area contributed by atoms with Gasteiger partial charge in [-0.2, -0.15) is 5.11 Å². The highest BCUT2D eigenvalue weighted by atomic mass is 127. The number of benzene rings is 1. The van der Waals surface area contributed by atoms with Gasteiger partial charge in [-0.3, -0.25) is 5.48 Å². The average molecular weight is 263 g/mol. The van der Waals surface area contributed by atoms with Crippen molar-refractivity contribution in [3.8, 4) is 0 Å². The molecule has 1 rings (SSSR count). The lowest BCUT2D eigenvalue weighted by Crippen LogP contribution is -1.89. The van der Waals surface area contributed by atoms with E-state index in [2.05, 4.69) is 13.8 Å². The Balaban J connectivity index is 2.92. The second kappa shape index (κ2) is 4.24. The van der Waals surface area contributed by atoms with Gasteiger partial charge in [-0.1, -0.05) is 12.1 Å². The van der Waals surface area contributed by atoms with Crippen LogP contribution < -0.4 is 5.48 Å². The van der Waals surface area contributed by atoms with Crippen LogP contribution in [0, 0.1) is 5.53 Å². The highest BCUT2D eigenvalue weighted by Crippen LogP contribution is 2.23. The zero-order valence-electron chi connectivity index (χ0n) is 5.54. The molecule has 58 valence electrons. The van der Waals surface area contributed by atoms with Gasteiger partial charge in [-0.15, -0.1) is 0 Å². The van der Waals surface area contributed by atoms with Crippen LogP contribution in [0.15, 0.2) is 29.4 Å². The maximum atomic E-state index is 6.79. The summed E-state index contributed by atoms with van der Waals surface area (Å²) in [5.74, 6) is 0. The van der Waals surface area contributed by atoms with Crippen molar-refractivity contribution >= 4 is 34.4 Å². The van der Waals surface area contributed by atoms with E-state index < -0.39 is 0 Å². The molecular weight excluding hydrogens is 257 g/mol. The molecule has 5 heteroatoms. The third kappa shape index (κ3) is 2.12. The number of hydrogen-bond donors (Lipinski definition) is 2. The molecule has 0 saturated carbocycles. The smallest absolute Gasteiger partial charge is 0.145 e. The first-order valence-electron chi connectivity index (χ1n) is 2.88. The maximum Gasteiger partial charge on any atom is 0.145 e. The number of anilines is 1. The van der Waals surface area contributed by atoms with Crippen LogP contribution in [0.3, 0.4) is 0 Å². The number of rotatable bonds is 3. The summed E-state index contributed by atoms with van der Waals surface area (Å²) < 4.78 is 4.65. The molecule has 0 aliphatic rings. The van der Waals surface area contributed by atoms with Crippen molar-refractivity contribution in [2.24, 2.45) is 5.11 Å². The predicted octanol–water partition coefficient (Wildman–Crippen LogP) is 3.04. The molecular formula is C6H6IN3O. The Bertz CT molecular complexity index is 253. The van der Waals surface area contributed by atoms with Gasteiger partial charge in [-0.25, -0.2) is 8.70 Å². The van der Waals surface area contributed by atoms with E-state index >= 15 is 0 Å². The number of nitrogens with zero attached hydrogens (tertiary/aromatic N) is 1. The number of hydrogen-bond acceptors (Lipinski definition) is 4. The molecule has 0 bridgehead atoms. The standard InChI is InChI=1S/C6H6IN3O/c7-11-10-6-4-2-1-3-5(6)9-8/h1-4,8,10H. The van der Waals surface area contributed by atoms with Crippen LogP contribution in [0.1, 0.15) is 0 Å². The lowest BCUT2D eigenvalue weighted by Gasteiger charge is -2.02. The van der Waals surface area contributed by atoms with Gasteiger partial charge in [0.2, 0.25) is 0 Å². The summed E-state index contributed by atoms with van der Waals surface area (Å²) in [4.78, 5) is 0. The van der Waals surface area contributed by atoms with Gasteiger partial charge in [0.1, 0.15) is 28.7 Å². The Hall–Kier alpha value is -0.690. The molecule has 0 saturated heterocycles. The van der Waals surface area contributed by atoms with E-state index in [9.17, 15) is 0 Å². The molecule has 0 fully saturated rings. The van der Waals surface area contributed by atoms with Crippen molar-refractivity contribution in [2.45, 2.75) is 0 Å². The molecule has 0 radical (unpaired) electrons. The summed E-state index contributed by atoms with van der Waals surface area (Å²) in [7, 11) is 0. The van der Waals surface area contributed by atoms with E-state index in [1.54, 1.807) is 35.1 Å². The molecule has 1 aromatic carbocycles. The van der Waals surface area contributed by atoms with Gasteiger partial charge in [0, 0.05) is 0 Å². The Morgan fingerprint density at radius 2 is 2.18 bits per heavy atom. The van der Waals surface area contributed by atoms with Crippen molar-refractivity contribution in [1.82, 2.24) is 0 Å². The van der Waals surface area contributed by atoms with E-state index in [4.69, 9.17) is 5.53 Å². The largest absolute Gasteiger partial charge is 0.254 e. The highest BCUT2D eigenvalue weighted by molar-refractivity contribution is 14.1. The average Bonchev–Trinajstić information content (AvgIpc) is 2.06. The molecule has 0 spiro atoms. The summed E-state index contributed by atoms with van der Waals surface area (Å²) in [6.07, 6.45) is 0. The fourth-order valence-corrected chi connectivity index (χ4v) is 0.936. The molecule has 11 heavy (non-hydrogen) atoms. The van der Waals surface area contributed by atoms with Crippen molar-refractivity contribution in [1.29, 1.82) is 5.53 Å². The monoisotopic (exact) mass is 263 g/mol. The Labute approximate surface area is 78.1 Å². The summed E-state index contributed by atoms with van der Waals surface area (Å²) in [5.41, 5.74) is 10.6. The number of halogens is 1. The minimum absolute atomic E-state index is 0.559. The van der Waals surface area contributed by atoms with E-state index in [-0.39, 0.29) is 0 Å². The third-order valence-electron chi connectivity index (χ3n) is 1.17. The highest BCUT2D eigenvalue weighted by Gasteiger charge is 1.97. The first-order chi connectivity index (χ1) is 5.38. The van der Waals surface area contributed by atoms with Crippen molar-refractivity contribution < 1.29 is 3.17 Å². The molecule has 4 nitrogen and oxygen atoms in total. The van der Waals surface area contributed by atoms with Crippen molar-refractivity contribution in [2.75, 3.05) is 5.48 Å².